The average molecular weight is 314 g/mol. The Hall–Kier alpha value is -2.37. The van der Waals surface area contributed by atoms with Crippen LogP contribution >= 0.6 is 0 Å². The Morgan fingerprint density at radius 3 is 2.78 bits per heavy atom. The van der Waals surface area contributed by atoms with Crippen molar-refractivity contribution in [2.24, 2.45) is 0 Å². The first kappa shape index (κ1) is 15.5. The van der Waals surface area contributed by atoms with Crippen LogP contribution in [0.15, 0.2) is 30.6 Å². The minimum absolute atomic E-state index is 0.157. The molecule has 1 unspecified atom stereocenters. The Morgan fingerprint density at radius 1 is 1.43 bits per heavy atom. The molecule has 6 heteroatoms. The molecular weight excluding hydrogens is 292 g/mol. The molecule has 0 saturated carbocycles. The Labute approximate surface area is 135 Å². The van der Waals surface area contributed by atoms with Crippen molar-refractivity contribution in [2.75, 3.05) is 6.54 Å². The van der Waals surface area contributed by atoms with Gasteiger partial charge in [-0.2, -0.15) is 0 Å². The fourth-order valence-electron chi connectivity index (χ4n) is 3.34. The van der Waals surface area contributed by atoms with Crippen molar-refractivity contribution in [2.45, 2.75) is 45.2 Å². The molecule has 0 fully saturated rings. The third kappa shape index (κ3) is 2.12. The number of hydrogen-bond donors (Lipinski definition) is 1. The first-order valence-corrected chi connectivity index (χ1v) is 7.73. The van der Waals surface area contributed by atoms with Crippen molar-refractivity contribution in [3.8, 4) is 0 Å². The third-order valence-electron chi connectivity index (χ3n) is 4.33. The van der Waals surface area contributed by atoms with E-state index in [-0.39, 0.29) is 11.8 Å². The molecule has 1 N–H and O–H groups in total. The first-order valence-electron chi connectivity index (χ1n) is 7.73. The van der Waals surface area contributed by atoms with Crippen LogP contribution in [0.1, 0.15) is 39.9 Å². The molecular formula is C17H22N4O2. The van der Waals surface area contributed by atoms with Crippen LogP contribution in [-0.4, -0.2) is 38.3 Å². The fourth-order valence-corrected chi connectivity index (χ4v) is 3.34. The lowest BCUT2D eigenvalue weighted by atomic mass is 9.88. The first-order chi connectivity index (χ1) is 10.7. The zero-order valence-electron chi connectivity index (χ0n) is 14.0. The van der Waals surface area contributed by atoms with E-state index >= 15 is 0 Å². The van der Waals surface area contributed by atoms with Gasteiger partial charge in [-0.1, -0.05) is 6.58 Å². The summed E-state index contributed by atoms with van der Waals surface area (Å²) in [6.07, 6.45) is 5.58. The van der Waals surface area contributed by atoms with E-state index in [9.17, 15) is 9.59 Å². The number of nitrogens with zero attached hydrogens (tertiary/aromatic N) is 3. The molecule has 1 aromatic heterocycles. The Morgan fingerprint density at radius 2 is 2.13 bits per heavy atom. The van der Waals surface area contributed by atoms with E-state index in [1.54, 1.807) is 17.3 Å². The van der Waals surface area contributed by atoms with Crippen LogP contribution in [0.2, 0.25) is 0 Å². The van der Waals surface area contributed by atoms with Gasteiger partial charge in [0.25, 0.3) is 5.91 Å². The Bertz CT molecular complexity index is 738. The average Bonchev–Trinajstić information content (AvgIpc) is 2.94. The molecule has 2 amide bonds. The van der Waals surface area contributed by atoms with Gasteiger partial charge >= 0.3 is 0 Å². The zero-order chi connectivity index (χ0) is 17.0. The van der Waals surface area contributed by atoms with E-state index in [4.69, 9.17) is 0 Å². The number of rotatable bonds is 1. The highest BCUT2D eigenvalue weighted by atomic mass is 16.2. The summed E-state index contributed by atoms with van der Waals surface area (Å²) >= 11 is 0. The number of imidazole rings is 1. The molecule has 0 bridgehead atoms. The van der Waals surface area contributed by atoms with E-state index in [0.717, 1.165) is 5.70 Å². The maximum Gasteiger partial charge on any atom is 0.258 e. The molecule has 6 nitrogen and oxygen atoms in total. The molecule has 2 aliphatic rings. The fraction of sp³-hybridized carbons (Fsp3) is 0.471. The van der Waals surface area contributed by atoms with Gasteiger partial charge in [0.2, 0.25) is 11.4 Å². The molecule has 1 atom stereocenters. The van der Waals surface area contributed by atoms with Crippen LogP contribution in [0.3, 0.4) is 0 Å². The molecule has 0 spiro atoms. The van der Waals surface area contributed by atoms with Gasteiger partial charge in [-0.3, -0.25) is 9.59 Å². The standard InChI is InChI=1S/C17H22N4O2/c1-11-10-13(22)21-8-6-12(2)20-9-7-18-14(20)17(11,21)15(23)19-16(3,4)5/h7,9-10H,2,6,8H2,1,3-5H3,(H,19,23). The summed E-state index contributed by atoms with van der Waals surface area (Å²) < 4.78 is 1.83. The quantitative estimate of drug-likeness (QED) is 0.857. The number of hydrogen-bond acceptors (Lipinski definition) is 3. The second-order valence-corrected chi connectivity index (χ2v) is 7.17. The lowest BCUT2D eigenvalue weighted by molar-refractivity contribution is -0.142. The number of carbonyl (C=O) groups excluding carboxylic acids is 2. The minimum Gasteiger partial charge on any atom is -0.349 e. The van der Waals surface area contributed by atoms with Crippen LogP contribution in [0.5, 0.6) is 0 Å². The molecule has 122 valence electrons. The van der Waals surface area contributed by atoms with E-state index in [0.29, 0.717) is 24.4 Å². The van der Waals surface area contributed by atoms with Crippen molar-refractivity contribution in [1.29, 1.82) is 0 Å². The maximum atomic E-state index is 13.3. The molecule has 0 aromatic carbocycles. The van der Waals surface area contributed by atoms with E-state index < -0.39 is 11.1 Å². The monoisotopic (exact) mass is 314 g/mol. The van der Waals surface area contributed by atoms with Crippen molar-refractivity contribution < 1.29 is 9.59 Å². The van der Waals surface area contributed by atoms with E-state index in [2.05, 4.69) is 16.9 Å². The van der Waals surface area contributed by atoms with Crippen LogP contribution in [0, 0.1) is 0 Å². The summed E-state index contributed by atoms with van der Waals surface area (Å²) in [5, 5.41) is 3.02. The molecule has 2 aliphatic heterocycles. The highest BCUT2D eigenvalue weighted by Crippen LogP contribution is 2.43. The summed E-state index contributed by atoms with van der Waals surface area (Å²) in [5.74, 6) is 0.143. The lowest BCUT2D eigenvalue weighted by Gasteiger charge is -2.38. The number of nitrogens with one attached hydrogen (secondary N) is 1. The molecule has 1 aromatic rings. The SMILES string of the molecule is C=C1CCN2C(=O)C=C(C)C2(C(=O)NC(C)(C)C)c2nccn21. The van der Waals surface area contributed by atoms with Crippen molar-refractivity contribution in [3.05, 3.63) is 36.4 Å². The molecule has 0 saturated heterocycles. The van der Waals surface area contributed by atoms with Gasteiger partial charge in [-0.25, -0.2) is 4.98 Å². The highest BCUT2D eigenvalue weighted by Gasteiger charge is 2.57. The predicted molar refractivity (Wildman–Crippen MR) is 87.2 cm³/mol. The van der Waals surface area contributed by atoms with Crippen LogP contribution < -0.4 is 5.32 Å². The van der Waals surface area contributed by atoms with Crippen LogP contribution in [-0.2, 0) is 15.1 Å². The molecule has 3 heterocycles. The number of aromatic nitrogens is 2. The molecule has 3 rings (SSSR count). The van der Waals surface area contributed by atoms with Gasteiger partial charge in [0, 0.05) is 42.7 Å². The van der Waals surface area contributed by atoms with Gasteiger partial charge in [0.15, 0.2) is 5.82 Å². The molecule has 23 heavy (non-hydrogen) atoms. The summed E-state index contributed by atoms with van der Waals surface area (Å²) in [6, 6.07) is 0. The summed E-state index contributed by atoms with van der Waals surface area (Å²) in [5.41, 5.74) is -0.0980. The third-order valence-corrected chi connectivity index (χ3v) is 4.33. The number of fused-ring (bicyclic) bond motifs is 3. The van der Waals surface area contributed by atoms with Crippen LogP contribution in [0.4, 0.5) is 0 Å². The summed E-state index contributed by atoms with van der Waals surface area (Å²) in [7, 11) is 0. The minimum atomic E-state index is -1.20. The zero-order valence-corrected chi connectivity index (χ0v) is 14.0. The maximum absolute atomic E-state index is 13.3. The van der Waals surface area contributed by atoms with Crippen molar-refractivity contribution >= 4 is 17.5 Å². The summed E-state index contributed by atoms with van der Waals surface area (Å²) in [4.78, 5) is 31.8. The van der Waals surface area contributed by atoms with Crippen molar-refractivity contribution in [1.82, 2.24) is 19.8 Å². The lowest BCUT2D eigenvalue weighted by Crippen LogP contribution is -2.59. The van der Waals surface area contributed by atoms with Gasteiger partial charge in [0.05, 0.1) is 0 Å². The Kier molecular flexibility index (Phi) is 3.25. The highest BCUT2D eigenvalue weighted by molar-refractivity contribution is 6.04. The van der Waals surface area contributed by atoms with Gasteiger partial charge in [-0.05, 0) is 33.3 Å². The smallest absolute Gasteiger partial charge is 0.258 e. The number of carbonyl (C=O) groups is 2. The van der Waals surface area contributed by atoms with E-state index in [1.165, 1.54) is 6.08 Å². The second-order valence-electron chi connectivity index (χ2n) is 7.17. The summed E-state index contributed by atoms with van der Waals surface area (Å²) in [6.45, 7) is 12.1. The van der Waals surface area contributed by atoms with Crippen molar-refractivity contribution in [3.63, 3.8) is 0 Å². The Balaban J connectivity index is 2.24. The number of amides is 2. The van der Waals surface area contributed by atoms with Gasteiger partial charge in [0.1, 0.15) is 0 Å². The van der Waals surface area contributed by atoms with E-state index in [1.807, 2.05) is 32.3 Å². The largest absolute Gasteiger partial charge is 0.349 e. The molecule has 0 radical (unpaired) electrons. The van der Waals surface area contributed by atoms with Gasteiger partial charge < -0.3 is 14.8 Å². The second kappa shape index (κ2) is 4.81. The van der Waals surface area contributed by atoms with Crippen LogP contribution in [0.25, 0.3) is 5.70 Å². The normalized spacial score (nSPS) is 24.0. The van der Waals surface area contributed by atoms with Gasteiger partial charge in [-0.15, -0.1) is 0 Å². The predicted octanol–water partition coefficient (Wildman–Crippen LogP) is 1.66. The molecule has 0 aliphatic carbocycles. The topological polar surface area (TPSA) is 67.2 Å².